The summed E-state index contributed by atoms with van der Waals surface area (Å²) in [6, 6.07) is 22.6. The van der Waals surface area contributed by atoms with Gasteiger partial charge in [0.05, 0.1) is 5.92 Å². The van der Waals surface area contributed by atoms with E-state index in [0.717, 1.165) is 55.7 Å². The fourth-order valence-electron chi connectivity index (χ4n) is 4.55. The van der Waals surface area contributed by atoms with Crippen molar-refractivity contribution in [1.29, 1.82) is 0 Å². The molecule has 1 aromatic heterocycles. The fourth-order valence-corrected chi connectivity index (χ4v) is 4.55. The van der Waals surface area contributed by atoms with Gasteiger partial charge in [-0.1, -0.05) is 24.3 Å². The Morgan fingerprint density at radius 2 is 1.20 bits per heavy atom. The first kappa shape index (κ1) is 17.0. The predicted octanol–water partition coefficient (Wildman–Crippen LogP) is 6.59. The molecular formula is C26H18O4. The Morgan fingerprint density at radius 3 is 1.70 bits per heavy atom. The van der Waals surface area contributed by atoms with E-state index in [-0.39, 0.29) is 17.4 Å². The summed E-state index contributed by atoms with van der Waals surface area (Å²) in [5, 5.41) is 24.2. The van der Waals surface area contributed by atoms with Crippen LogP contribution in [0.15, 0.2) is 77.2 Å². The average molecular weight is 394 g/mol. The van der Waals surface area contributed by atoms with Gasteiger partial charge in [0.15, 0.2) is 0 Å². The third-order valence-electron chi connectivity index (χ3n) is 5.86. The molecule has 4 heteroatoms. The molecule has 0 atom stereocenters. The van der Waals surface area contributed by atoms with E-state index in [0.29, 0.717) is 0 Å². The number of phenolic OH excluding ortho intramolecular Hbond substituents is 2. The quantitative estimate of drug-likeness (QED) is 0.330. The number of ether oxygens (including phenoxy) is 1. The zero-order valence-corrected chi connectivity index (χ0v) is 16.2. The predicted molar refractivity (Wildman–Crippen MR) is 116 cm³/mol. The molecule has 0 unspecified atom stereocenters. The summed E-state index contributed by atoms with van der Waals surface area (Å²) in [4.78, 5) is 0. The van der Waals surface area contributed by atoms with Crippen LogP contribution in [0.3, 0.4) is 0 Å². The number of hydrogen-bond acceptors (Lipinski definition) is 4. The molecule has 4 nitrogen and oxygen atoms in total. The summed E-state index contributed by atoms with van der Waals surface area (Å²) in [6.45, 7) is 1.93. The van der Waals surface area contributed by atoms with E-state index in [1.807, 2.05) is 55.5 Å². The Bertz CT molecular complexity index is 1370. The first-order chi connectivity index (χ1) is 14.6. The van der Waals surface area contributed by atoms with E-state index in [1.165, 1.54) is 0 Å². The summed E-state index contributed by atoms with van der Waals surface area (Å²) in [5.41, 5.74) is 1.89. The zero-order chi connectivity index (χ0) is 20.4. The summed E-state index contributed by atoms with van der Waals surface area (Å²) in [7, 11) is 0. The van der Waals surface area contributed by atoms with Crippen molar-refractivity contribution in [2.45, 2.75) is 12.8 Å². The molecule has 2 N–H and O–H groups in total. The maximum atomic E-state index is 10.2. The Labute approximate surface area is 172 Å². The van der Waals surface area contributed by atoms with Crippen molar-refractivity contribution < 1.29 is 19.4 Å². The van der Waals surface area contributed by atoms with Gasteiger partial charge in [0.1, 0.15) is 34.5 Å². The summed E-state index contributed by atoms with van der Waals surface area (Å²) < 4.78 is 12.4. The van der Waals surface area contributed by atoms with Crippen molar-refractivity contribution in [1.82, 2.24) is 0 Å². The highest BCUT2D eigenvalue weighted by molar-refractivity contribution is 5.95. The topological polar surface area (TPSA) is 62.8 Å². The first-order valence-corrected chi connectivity index (χ1v) is 9.84. The van der Waals surface area contributed by atoms with Gasteiger partial charge in [0.2, 0.25) is 0 Å². The van der Waals surface area contributed by atoms with E-state index in [9.17, 15) is 10.2 Å². The zero-order valence-electron chi connectivity index (χ0n) is 16.2. The lowest BCUT2D eigenvalue weighted by atomic mass is 9.81. The number of phenols is 2. The van der Waals surface area contributed by atoms with Crippen LogP contribution in [-0.2, 0) is 0 Å². The minimum atomic E-state index is -0.242. The van der Waals surface area contributed by atoms with E-state index < -0.39 is 0 Å². The fraction of sp³-hybridized carbons (Fsp3) is 0.0769. The highest BCUT2D eigenvalue weighted by Gasteiger charge is 2.34. The largest absolute Gasteiger partial charge is 0.508 e. The molecule has 0 radical (unpaired) electrons. The molecule has 6 rings (SSSR count). The minimum Gasteiger partial charge on any atom is -0.508 e. The third-order valence-corrected chi connectivity index (χ3v) is 5.86. The van der Waals surface area contributed by atoms with Gasteiger partial charge in [-0.3, -0.25) is 0 Å². The summed E-state index contributed by atoms with van der Waals surface area (Å²) >= 11 is 0. The molecule has 146 valence electrons. The smallest absolute Gasteiger partial charge is 0.132 e. The summed E-state index contributed by atoms with van der Waals surface area (Å²) in [6.07, 6.45) is 0. The molecule has 0 saturated heterocycles. The number of hydrogen-bond donors (Lipinski definition) is 2. The first-order valence-electron chi connectivity index (χ1n) is 9.84. The van der Waals surface area contributed by atoms with Crippen molar-refractivity contribution >= 4 is 21.5 Å². The van der Waals surface area contributed by atoms with Gasteiger partial charge in [-0.2, -0.15) is 0 Å². The molecule has 0 spiro atoms. The highest BCUT2D eigenvalue weighted by atomic mass is 16.5. The van der Waals surface area contributed by atoms with Crippen LogP contribution >= 0.6 is 0 Å². The molecule has 0 aliphatic carbocycles. The molecular weight excluding hydrogens is 376 g/mol. The molecule has 0 saturated carbocycles. The van der Waals surface area contributed by atoms with Gasteiger partial charge in [-0.15, -0.1) is 0 Å². The van der Waals surface area contributed by atoms with Crippen molar-refractivity contribution in [3.63, 3.8) is 0 Å². The van der Waals surface area contributed by atoms with Crippen LogP contribution in [0.2, 0.25) is 0 Å². The van der Waals surface area contributed by atoms with Crippen LogP contribution in [0.25, 0.3) is 21.5 Å². The second kappa shape index (κ2) is 6.04. The number of furan rings is 1. The van der Waals surface area contributed by atoms with Gasteiger partial charge >= 0.3 is 0 Å². The molecule has 0 amide bonds. The van der Waals surface area contributed by atoms with Crippen LogP contribution in [0.4, 0.5) is 0 Å². The molecule has 2 heterocycles. The third kappa shape index (κ3) is 2.40. The van der Waals surface area contributed by atoms with Crippen LogP contribution < -0.4 is 4.74 Å². The number of aromatic hydroxyl groups is 2. The molecule has 30 heavy (non-hydrogen) atoms. The van der Waals surface area contributed by atoms with E-state index in [4.69, 9.17) is 9.15 Å². The van der Waals surface area contributed by atoms with Gasteiger partial charge in [-0.05, 0) is 77.0 Å². The van der Waals surface area contributed by atoms with E-state index in [2.05, 4.69) is 0 Å². The van der Waals surface area contributed by atoms with E-state index >= 15 is 0 Å². The van der Waals surface area contributed by atoms with Crippen LogP contribution in [0.5, 0.6) is 23.0 Å². The number of benzene rings is 4. The second-order valence-electron chi connectivity index (χ2n) is 7.75. The number of aryl methyl sites for hydroxylation is 1. The van der Waals surface area contributed by atoms with E-state index in [1.54, 1.807) is 24.3 Å². The monoisotopic (exact) mass is 394 g/mol. The van der Waals surface area contributed by atoms with Crippen LogP contribution in [0, 0.1) is 6.92 Å². The lowest BCUT2D eigenvalue weighted by Crippen LogP contribution is -2.12. The highest BCUT2D eigenvalue weighted by Crippen LogP contribution is 2.52. The molecule has 0 fully saturated rings. The lowest BCUT2D eigenvalue weighted by Gasteiger charge is -2.29. The van der Waals surface area contributed by atoms with Gasteiger partial charge in [-0.25, -0.2) is 0 Å². The lowest BCUT2D eigenvalue weighted by molar-refractivity contribution is 0.429. The standard InChI is InChI=1S/C26H18O4/c1-14-2-9-23(29-14)26-24-19-12-17(27)7-3-15(19)5-10-21(24)30-22-11-6-16-4-8-18(28)13-20(16)25(22)26/h2-13,26-28H,1H3. The van der Waals surface area contributed by atoms with Crippen LogP contribution in [0.1, 0.15) is 28.6 Å². The minimum absolute atomic E-state index is 0.201. The molecule has 0 bridgehead atoms. The number of fused-ring (bicyclic) bond motifs is 6. The molecule has 4 aromatic carbocycles. The number of rotatable bonds is 1. The van der Waals surface area contributed by atoms with Crippen molar-refractivity contribution in [3.8, 4) is 23.0 Å². The second-order valence-corrected chi connectivity index (χ2v) is 7.75. The Balaban J connectivity index is 1.76. The molecule has 1 aliphatic rings. The van der Waals surface area contributed by atoms with Crippen molar-refractivity contribution in [2.75, 3.05) is 0 Å². The van der Waals surface area contributed by atoms with Gasteiger partial charge < -0.3 is 19.4 Å². The maximum Gasteiger partial charge on any atom is 0.132 e. The van der Waals surface area contributed by atoms with Crippen LogP contribution in [-0.4, -0.2) is 10.2 Å². The average Bonchev–Trinajstić information content (AvgIpc) is 3.17. The Kier molecular flexibility index (Phi) is 3.42. The Morgan fingerprint density at radius 1 is 0.667 bits per heavy atom. The van der Waals surface area contributed by atoms with Crippen molar-refractivity contribution in [3.05, 3.63) is 95.4 Å². The van der Waals surface area contributed by atoms with Crippen molar-refractivity contribution in [2.24, 2.45) is 0 Å². The summed E-state index contributed by atoms with van der Waals surface area (Å²) in [5.74, 6) is 3.25. The maximum absolute atomic E-state index is 10.2. The SMILES string of the molecule is Cc1ccc(C2c3c(ccc4ccc(O)cc34)Oc3ccc4ccc(O)cc4c32)o1. The van der Waals surface area contributed by atoms with Gasteiger partial charge in [0, 0.05) is 11.1 Å². The van der Waals surface area contributed by atoms with Gasteiger partial charge in [0.25, 0.3) is 0 Å². The Hall–Kier alpha value is -3.92. The normalized spacial score (nSPS) is 13.2. The molecule has 1 aliphatic heterocycles. The molecule has 5 aromatic rings.